The summed E-state index contributed by atoms with van der Waals surface area (Å²) in [6, 6.07) is 192. The third-order valence-corrected chi connectivity index (χ3v) is 27.2. The lowest BCUT2D eigenvalue weighted by atomic mass is 9.65. The van der Waals surface area contributed by atoms with E-state index in [1.54, 1.807) is 0 Å². The molecule has 0 atom stereocenters. The van der Waals surface area contributed by atoms with E-state index >= 15 is 0 Å². The summed E-state index contributed by atoms with van der Waals surface area (Å²) in [6.07, 6.45) is 0. The van der Waals surface area contributed by atoms with E-state index in [1.165, 1.54) is 134 Å². The quantitative estimate of drug-likeness (QED) is 0.0803. The molecule has 0 N–H and O–H groups in total. The van der Waals surface area contributed by atoms with E-state index in [-0.39, 0.29) is 5.41 Å². The van der Waals surface area contributed by atoms with Crippen LogP contribution in [-0.2, 0) is 10.8 Å². The van der Waals surface area contributed by atoms with Crippen LogP contribution in [0.1, 0.15) is 47.2 Å². The van der Waals surface area contributed by atoms with Crippen molar-refractivity contribution in [3.05, 3.63) is 543 Å². The molecule has 130 heavy (non-hydrogen) atoms. The predicted octanol–water partition coefficient (Wildman–Crippen LogP) is 35.0. The Hall–Kier alpha value is -16.4. The summed E-state index contributed by atoms with van der Waals surface area (Å²) in [5.41, 5.74) is 47.9. The summed E-state index contributed by atoms with van der Waals surface area (Å²) in [4.78, 5) is 0. The average Bonchev–Trinajstić information content (AvgIpc) is 1.51. The van der Waals surface area contributed by atoms with Gasteiger partial charge in [0.1, 0.15) is 0 Å². The topological polar surface area (TPSA) is 0 Å². The van der Waals surface area contributed by atoms with Crippen LogP contribution < -0.4 is 0 Å². The summed E-state index contributed by atoms with van der Waals surface area (Å²) >= 11 is 0. The summed E-state index contributed by atoms with van der Waals surface area (Å²) < 4.78 is 0. The highest BCUT2D eigenvalue weighted by atomic mass is 14.5. The molecule has 0 saturated carbocycles. The fourth-order valence-corrected chi connectivity index (χ4v) is 20.8. The normalized spacial score (nSPS) is 12.5. The maximum absolute atomic E-state index is 2.58. The van der Waals surface area contributed by atoms with E-state index in [0.717, 1.165) is 100 Å². The molecule has 2 aliphatic carbocycles. The van der Waals surface area contributed by atoms with Gasteiger partial charge in [0, 0.05) is 5.41 Å². The molecule has 2 aliphatic rings. The molecule has 0 radical (unpaired) electrons. The lowest BCUT2D eigenvalue weighted by molar-refractivity contribution is 0.659. The first-order valence-electron chi connectivity index (χ1n) is 45.3. The van der Waals surface area contributed by atoms with Gasteiger partial charge in [0.2, 0.25) is 0 Å². The average molecular weight is 1650 g/mol. The van der Waals surface area contributed by atoms with Gasteiger partial charge in [0.15, 0.2) is 0 Å². The van der Waals surface area contributed by atoms with Crippen LogP contribution in [0.4, 0.5) is 0 Å². The minimum absolute atomic E-state index is 0.288. The molecule has 0 spiro atoms. The van der Waals surface area contributed by atoms with E-state index in [4.69, 9.17) is 0 Å². The minimum atomic E-state index is -1.00. The molecular formula is C130H90. The Kier molecular flexibility index (Phi) is 20.0. The first-order valence-corrected chi connectivity index (χ1v) is 45.3. The standard InChI is InChI=1S/C130H90/c1-129(2)123-61-29-27-59-121(123)127-125(129)63-64-126-128(127)122-60-28-30-62-124(122)130(126,119-83-115(99-55-31-51-95(65-99)111-73-103(87-35-11-3-12-36-87)69-104(74-111)88-37-13-4-14-38-88)81-116(84-119)100-56-32-52-96(66-100)112-75-105(89-39-15-5-16-40-89)70-106(76-112)90-41-17-6-18-42-90)120-85-117(101-57-33-53-97(67-101)113-77-107(91-43-19-7-20-44-91)71-108(78-113)92-45-21-8-22-46-92)82-118(86-120)102-58-34-54-98(68-102)114-79-109(93-47-23-9-24-48-93)72-110(80-114)94-49-25-10-26-50-94/h3-86H,1-2H3. The van der Waals surface area contributed by atoms with Gasteiger partial charge in [-0.1, -0.05) is 390 Å². The van der Waals surface area contributed by atoms with E-state index in [0.29, 0.717) is 0 Å². The highest BCUT2D eigenvalue weighted by Gasteiger charge is 2.50. The molecule has 21 aromatic carbocycles. The molecule has 0 nitrogen and oxygen atoms in total. The van der Waals surface area contributed by atoms with Gasteiger partial charge in [0.25, 0.3) is 0 Å². The SMILES string of the molecule is CC1(C)c2ccccc2-c2c1ccc1c2-c2ccccc2C1(c1cc(-c2cccc(-c3cc(-c4ccccc4)cc(-c4ccccc4)c3)c2)cc(-c2cccc(-c3cc(-c4ccccc4)cc(-c4ccccc4)c3)c2)c1)c1cc(-c2cccc(-c3cc(-c4ccccc4)cc(-c4ccccc4)c3)c2)cc(-c2cccc(-c3cc(-c4ccccc4)cc(-c4ccccc4)c3)c2)c1. The van der Waals surface area contributed by atoms with Gasteiger partial charge < -0.3 is 0 Å². The molecule has 0 bridgehead atoms. The Labute approximate surface area is 762 Å². The van der Waals surface area contributed by atoms with Gasteiger partial charge >= 0.3 is 0 Å². The van der Waals surface area contributed by atoms with Crippen molar-refractivity contribution in [3.8, 4) is 200 Å². The summed E-state index contributed by atoms with van der Waals surface area (Å²) in [5.74, 6) is 0. The molecule has 21 aromatic rings. The van der Waals surface area contributed by atoms with Crippen LogP contribution in [0, 0.1) is 0 Å². The van der Waals surface area contributed by atoms with Gasteiger partial charge in [-0.3, -0.25) is 0 Å². The summed E-state index contributed by atoms with van der Waals surface area (Å²) in [7, 11) is 0. The predicted molar refractivity (Wildman–Crippen MR) is 548 cm³/mol. The molecule has 0 amide bonds. The van der Waals surface area contributed by atoms with Crippen molar-refractivity contribution >= 4 is 0 Å². The zero-order valence-electron chi connectivity index (χ0n) is 72.5. The molecule has 0 unspecified atom stereocenters. The number of hydrogen-bond acceptors (Lipinski definition) is 0. The van der Waals surface area contributed by atoms with Crippen molar-refractivity contribution in [1.82, 2.24) is 0 Å². The second-order valence-electron chi connectivity index (χ2n) is 35.4. The molecule has 0 fully saturated rings. The van der Waals surface area contributed by atoms with Gasteiger partial charge in [0.05, 0.1) is 5.41 Å². The first-order chi connectivity index (χ1) is 64.1. The van der Waals surface area contributed by atoms with Crippen LogP contribution in [0.15, 0.2) is 510 Å². The Morgan fingerprint density at radius 2 is 0.277 bits per heavy atom. The Balaban J connectivity index is 0.807. The van der Waals surface area contributed by atoms with Crippen molar-refractivity contribution in [2.45, 2.75) is 24.7 Å². The maximum Gasteiger partial charge on any atom is 0.0714 e. The highest BCUT2D eigenvalue weighted by Crippen LogP contribution is 2.64. The van der Waals surface area contributed by atoms with Crippen molar-refractivity contribution in [2.24, 2.45) is 0 Å². The molecule has 23 rings (SSSR count). The Bertz CT molecular complexity index is 6860. The molecular weight excluding hydrogens is 1560 g/mol. The first kappa shape index (κ1) is 78.3. The van der Waals surface area contributed by atoms with Crippen LogP contribution in [-0.4, -0.2) is 0 Å². The number of rotatable bonds is 18. The second-order valence-corrected chi connectivity index (χ2v) is 35.4. The van der Waals surface area contributed by atoms with E-state index in [1.807, 2.05) is 0 Å². The zero-order chi connectivity index (χ0) is 86.6. The van der Waals surface area contributed by atoms with Crippen molar-refractivity contribution in [3.63, 3.8) is 0 Å². The van der Waals surface area contributed by atoms with Gasteiger partial charge in [-0.2, -0.15) is 0 Å². The van der Waals surface area contributed by atoms with Crippen LogP contribution in [0.25, 0.3) is 200 Å². The minimum Gasteiger partial charge on any atom is -0.0622 e. The van der Waals surface area contributed by atoms with Crippen molar-refractivity contribution < 1.29 is 0 Å². The van der Waals surface area contributed by atoms with E-state index in [9.17, 15) is 0 Å². The molecule has 0 aliphatic heterocycles. The molecule has 610 valence electrons. The smallest absolute Gasteiger partial charge is 0.0622 e. The summed E-state index contributed by atoms with van der Waals surface area (Å²) in [5, 5.41) is 0. The molecule has 0 aromatic heterocycles. The largest absolute Gasteiger partial charge is 0.0714 e. The second kappa shape index (κ2) is 33.2. The Morgan fingerprint density at radius 1 is 0.115 bits per heavy atom. The highest BCUT2D eigenvalue weighted by molar-refractivity contribution is 6.02. The lowest BCUT2D eigenvalue weighted by Crippen LogP contribution is -2.29. The van der Waals surface area contributed by atoms with E-state index in [2.05, 4.69) is 523 Å². The number of fused-ring (bicyclic) bond motifs is 7. The monoisotopic (exact) mass is 1650 g/mol. The third-order valence-electron chi connectivity index (χ3n) is 27.2. The number of benzene rings is 21. The van der Waals surface area contributed by atoms with Crippen LogP contribution in [0.5, 0.6) is 0 Å². The lowest BCUT2D eigenvalue weighted by Gasteiger charge is -2.36. The summed E-state index contributed by atoms with van der Waals surface area (Å²) in [6.45, 7) is 4.85. The Morgan fingerprint density at radius 3 is 0.515 bits per heavy atom. The van der Waals surface area contributed by atoms with Crippen molar-refractivity contribution in [2.75, 3.05) is 0 Å². The zero-order valence-corrected chi connectivity index (χ0v) is 72.5. The molecule has 0 heteroatoms. The van der Waals surface area contributed by atoms with Crippen LogP contribution in [0.3, 0.4) is 0 Å². The molecule has 0 heterocycles. The van der Waals surface area contributed by atoms with Gasteiger partial charge in [-0.05, 0) is 367 Å². The van der Waals surface area contributed by atoms with Gasteiger partial charge in [-0.15, -0.1) is 0 Å². The van der Waals surface area contributed by atoms with Crippen LogP contribution in [0.2, 0.25) is 0 Å². The maximum atomic E-state index is 2.58. The van der Waals surface area contributed by atoms with Crippen molar-refractivity contribution in [1.29, 1.82) is 0 Å². The van der Waals surface area contributed by atoms with Crippen LogP contribution >= 0.6 is 0 Å². The third kappa shape index (κ3) is 14.5. The number of hydrogen-bond donors (Lipinski definition) is 0. The fraction of sp³-hybridized carbons (Fsp3) is 0.0308. The molecule has 0 saturated heterocycles. The fourth-order valence-electron chi connectivity index (χ4n) is 20.8. The van der Waals surface area contributed by atoms with E-state index < -0.39 is 5.41 Å². The van der Waals surface area contributed by atoms with Gasteiger partial charge in [-0.25, -0.2) is 0 Å².